The minimum absolute atomic E-state index is 0.0123. The van der Waals surface area contributed by atoms with E-state index in [1.165, 1.54) is 0 Å². The first-order valence-corrected chi connectivity index (χ1v) is 5.57. The van der Waals surface area contributed by atoms with E-state index >= 15 is 0 Å². The van der Waals surface area contributed by atoms with Crippen LogP contribution < -0.4 is 5.32 Å². The number of aromatic nitrogens is 1. The maximum Gasteiger partial charge on any atom is 0.221 e. The van der Waals surface area contributed by atoms with Gasteiger partial charge in [-0.1, -0.05) is 0 Å². The molecule has 1 aromatic heterocycles. The second-order valence-corrected chi connectivity index (χ2v) is 4.08. The highest BCUT2D eigenvalue weighted by molar-refractivity contribution is 5.75. The fraction of sp³-hybridized carbons (Fsp3) is 0.500. The number of aromatic hydroxyl groups is 1. The summed E-state index contributed by atoms with van der Waals surface area (Å²) in [6, 6.07) is 3.41. The third-order valence-corrected chi connectivity index (χ3v) is 2.51. The van der Waals surface area contributed by atoms with E-state index in [2.05, 4.69) is 10.3 Å². The first-order valence-electron chi connectivity index (χ1n) is 5.57. The van der Waals surface area contributed by atoms with Crippen molar-refractivity contribution in [2.45, 2.75) is 19.9 Å². The maximum absolute atomic E-state index is 11.1. The van der Waals surface area contributed by atoms with Crippen molar-refractivity contribution < 1.29 is 9.90 Å². The molecule has 1 heterocycles. The molecule has 1 aromatic rings. The molecule has 17 heavy (non-hydrogen) atoms. The predicted molar refractivity (Wildman–Crippen MR) is 65.7 cm³/mol. The molecule has 0 aliphatic rings. The summed E-state index contributed by atoms with van der Waals surface area (Å²) in [6.45, 7) is 3.05. The Hall–Kier alpha value is -1.62. The van der Waals surface area contributed by atoms with Crippen molar-refractivity contribution in [3.63, 3.8) is 0 Å². The Morgan fingerprint density at radius 1 is 1.53 bits per heavy atom. The molecule has 0 aliphatic carbocycles. The number of carbonyl (C=O) groups excluding carboxylic acids is 1. The molecule has 1 amide bonds. The second kappa shape index (κ2) is 6.20. The largest absolute Gasteiger partial charge is 0.506 e. The van der Waals surface area contributed by atoms with E-state index in [0.717, 1.165) is 5.69 Å². The third kappa shape index (κ3) is 4.40. The van der Waals surface area contributed by atoms with E-state index < -0.39 is 0 Å². The standard InChI is InChI=1S/C12H19N3O2/c1-9-4-5-11(16)10(14-9)8-15(3)7-6-12(17)13-2/h4-5,16H,6-8H2,1-3H3,(H,13,17). The van der Waals surface area contributed by atoms with Crippen LogP contribution >= 0.6 is 0 Å². The highest BCUT2D eigenvalue weighted by atomic mass is 16.3. The molecular formula is C12H19N3O2. The number of amides is 1. The molecule has 0 spiro atoms. The van der Waals surface area contributed by atoms with Gasteiger partial charge in [0.15, 0.2) is 0 Å². The summed E-state index contributed by atoms with van der Waals surface area (Å²) >= 11 is 0. The molecule has 0 saturated heterocycles. The van der Waals surface area contributed by atoms with Crippen LogP contribution in [-0.2, 0) is 11.3 Å². The zero-order chi connectivity index (χ0) is 12.8. The van der Waals surface area contributed by atoms with Gasteiger partial charge in [-0.3, -0.25) is 14.7 Å². The number of pyridine rings is 1. The smallest absolute Gasteiger partial charge is 0.221 e. The number of carbonyl (C=O) groups is 1. The van der Waals surface area contributed by atoms with Crippen molar-refractivity contribution in [1.82, 2.24) is 15.2 Å². The van der Waals surface area contributed by atoms with Crippen molar-refractivity contribution in [2.75, 3.05) is 20.6 Å². The quantitative estimate of drug-likeness (QED) is 0.789. The van der Waals surface area contributed by atoms with E-state index in [1.807, 2.05) is 18.9 Å². The minimum Gasteiger partial charge on any atom is -0.506 e. The summed E-state index contributed by atoms with van der Waals surface area (Å²) in [5.74, 6) is 0.209. The Bertz CT molecular complexity index is 393. The van der Waals surface area contributed by atoms with Crippen LogP contribution in [0.25, 0.3) is 0 Å². The fourth-order valence-electron chi connectivity index (χ4n) is 1.47. The van der Waals surface area contributed by atoms with Crippen LogP contribution in [0.3, 0.4) is 0 Å². The van der Waals surface area contributed by atoms with Crippen LogP contribution in [0, 0.1) is 6.92 Å². The lowest BCUT2D eigenvalue weighted by Gasteiger charge is -2.16. The lowest BCUT2D eigenvalue weighted by atomic mass is 10.2. The monoisotopic (exact) mass is 237 g/mol. The van der Waals surface area contributed by atoms with Gasteiger partial charge < -0.3 is 10.4 Å². The predicted octanol–water partition coefficient (Wildman–Crippen LogP) is 0.664. The van der Waals surface area contributed by atoms with Crippen LogP contribution in [0.15, 0.2) is 12.1 Å². The van der Waals surface area contributed by atoms with Gasteiger partial charge >= 0.3 is 0 Å². The molecule has 5 nitrogen and oxygen atoms in total. The number of aryl methyl sites for hydroxylation is 1. The van der Waals surface area contributed by atoms with Crippen molar-refractivity contribution in [2.24, 2.45) is 0 Å². The topological polar surface area (TPSA) is 65.5 Å². The molecule has 2 N–H and O–H groups in total. The summed E-state index contributed by atoms with van der Waals surface area (Å²) in [7, 11) is 3.52. The van der Waals surface area contributed by atoms with Crippen LogP contribution in [0.1, 0.15) is 17.8 Å². The van der Waals surface area contributed by atoms with Crippen molar-refractivity contribution in [1.29, 1.82) is 0 Å². The van der Waals surface area contributed by atoms with Crippen molar-refractivity contribution in [3.05, 3.63) is 23.5 Å². The van der Waals surface area contributed by atoms with Crippen LogP contribution in [0.5, 0.6) is 5.75 Å². The SMILES string of the molecule is CNC(=O)CCN(C)Cc1nc(C)ccc1O. The maximum atomic E-state index is 11.1. The van der Waals surface area contributed by atoms with Gasteiger partial charge in [-0.05, 0) is 26.1 Å². The Labute approximate surface area is 101 Å². The average Bonchev–Trinajstić information content (AvgIpc) is 2.30. The highest BCUT2D eigenvalue weighted by Gasteiger charge is 2.08. The molecule has 0 atom stereocenters. The summed E-state index contributed by atoms with van der Waals surface area (Å²) in [6.07, 6.45) is 0.444. The molecule has 0 aromatic carbocycles. The number of hydrogen-bond donors (Lipinski definition) is 2. The Morgan fingerprint density at radius 3 is 2.88 bits per heavy atom. The zero-order valence-electron chi connectivity index (χ0n) is 10.5. The van der Waals surface area contributed by atoms with Crippen LogP contribution in [0.4, 0.5) is 0 Å². The van der Waals surface area contributed by atoms with E-state index in [9.17, 15) is 9.90 Å². The van der Waals surface area contributed by atoms with Gasteiger partial charge in [-0.2, -0.15) is 0 Å². The number of nitrogens with zero attached hydrogens (tertiary/aromatic N) is 2. The molecular weight excluding hydrogens is 218 g/mol. The molecule has 5 heteroatoms. The van der Waals surface area contributed by atoms with Crippen LogP contribution in [0.2, 0.25) is 0 Å². The minimum atomic E-state index is 0.0123. The van der Waals surface area contributed by atoms with Gasteiger partial charge in [0.25, 0.3) is 0 Å². The average molecular weight is 237 g/mol. The van der Waals surface area contributed by atoms with Crippen molar-refractivity contribution >= 4 is 5.91 Å². The van der Waals surface area contributed by atoms with Gasteiger partial charge in [0.05, 0.1) is 5.69 Å². The lowest BCUT2D eigenvalue weighted by molar-refractivity contribution is -0.120. The third-order valence-electron chi connectivity index (χ3n) is 2.51. The van der Waals surface area contributed by atoms with E-state index in [-0.39, 0.29) is 11.7 Å². The second-order valence-electron chi connectivity index (χ2n) is 4.08. The fourth-order valence-corrected chi connectivity index (χ4v) is 1.47. The summed E-state index contributed by atoms with van der Waals surface area (Å²) < 4.78 is 0. The Morgan fingerprint density at radius 2 is 2.24 bits per heavy atom. The lowest BCUT2D eigenvalue weighted by Crippen LogP contribution is -2.26. The number of hydrogen-bond acceptors (Lipinski definition) is 4. The molecule has 94 valence electrons. The first-order chi connectivity index (χ1) is 8.02. The Kier molecular flexibility index (Phi) is 4.90. The van der Waals surface area contributed by atoms with E-state index in [4.69, 9.17) is 0 Å². The molecule has 0 radical (unpaired) electrons. The normalized spacial score (nSPS) is 10.6. The van der Waals surface area contributed by atoms with E-state index in [1.54, 1.807) is 19.2 Å². The highest BCUT2D eigenvalue weighted by Crippen LogP contribution is 2.16. The van der Waals surface area contributed by atoms with Gasteiger partial charge in [0.2, 0.25) is 5.91 Å². The molecule has 0 saturated carbocycles. The van der Waals surface area contributed by atoms with Crippen molar-refractivity contribution in [3.8, 4) is 5.75 Å². The van der Waals surface area contributed by atoms with Gasteiger partial charge in [0, 0.05) is 32.3 Å². The summed E-state index contributed by atoms with van der Waals surface area (Å²) in [5.41, 5.74) is 1.52. The van der Waals surface area contributed by atoms with Gasteiger partial charge in [0.1, 0.15) is 5.75 Å². The molecule has 0 bridgehead atoms. The number of nitrogens with one attached hydrogen (secondary N) is 1. The molecule has 0 aliphatic heterocycles. The first kappa shape index (κ1) is 13.4. The summed E-state index contributed by atoms with van der Waals surface area (Å²) in [4.78, 5) is 17.3. The van der Waals surface area contributed by atoms with Gasteiger partial charge in [-0.25, -0.2) is 0 Å². The molecule has 0 fully saturated rings. The molecule has 0 unspecified atom stereocenters. The Balaban J connectivity index is 2.52. The number of rotatable bonds is 5. The van der Waals surface area contributed by atoms with Gasteiger partial charge in [-0.15, -0.1) is 0 Å². The molecule has 1 rings (SSSR count). The zero-order valence-corrected chi connectivity index (χ0v) is 10.5. The summed E-state index contributed by atoms with van der Waals surface area (Å²) in [5, 5.41) is 12.2. The van der Waals surface area contributed by atoms with Crippen LogP contribution in [-0.4, -0.2) is 41.5 Å². The van der Waals surface area contributed by atoms with E-state index in [0.29, 0.717) is 25.2 Å².